The molecular weight excluding hydrogens is 196 g/mol. The molecule has 0 heterocycles. The van der Waals surface area contributed by atoms with Gasteiger partial charge in [0.15, 0.2) is 0 Å². The van der Waals surface area contributed by atoms with Crippen LogP contribution in [0.3, 0.4) is 0 Å². The second-order valence-corrected chi connectivity index (χ2v) is 5.43. The predicted octanol–water partition coefficient (Wildman–Crippen LogP) is 3.34. The molecule has 2 aliphatic rings. The molecule has 2 saturated carbocycles. The van der Waals surface area contributed by atoms with E-state index in [0.29, 0.717) is 5.92 Å². The first-order chi connectivity index (χ1) is 7.86. The van der Waals surface area contributed by atoms with Gasteiger partial charge in [0.2, 0.25) is 0 Å². The molecule has 2 aliphatic carbocycles. The van der Waals surface area contributed by atoms with Crippen LogP contribution < -0.4 is 0 Å². The SMILES string of the molecule is OC1CCCCC1C1CC1c1ccccc1. The molecule has 4 unspecified atom stereocenters. The Balaban J connectivity index is 1.67. The van der Waals surface area contributed by atoms with Crippen molar-refractivity contribution in [3.8, 4) is 0 Å². The lowest BCUT2D eigenvalue weighted by Crippen LogP contribution is -2.26. The van der Waals surface area contributed by atoms with E-state index in [1.165, 1.54) is 31.2 Å². The molecule has 0 radical (unpaired) electrons. The Labute approximate surface area is 97.5 Å². The van der Waals surface area contributed by atoms with Crippen LogP contribution in [0.15, 0.2) is 30.3 Å². The lowest BCUT2D eigenvalue weighted by atomic mass is 9.82. The molecule has 1 aromatic carbocycles. The molecule has 1 nitrogen and oxygen atoms in total. The summed E-state index contributed by atoms with van der Waals surface area (Å²) in [6.45, 7) is 0. The molecule has 0 bridgehead atoms. The van der Waals surface area contributed by atoms with Crippen molar-refractivity contribution in [2.75, 3.05) is 0 Å². The topological polar surface area (TPSA) is 20.2 Å². The van der Waals surface area contributed by atoms with Crippen LogP contribution in [-0.4, -0.2) is 11.2 Å². The fourth-order valence-corrected chi connectivity index (χ4v) is 3.41. The van der Waals surface area contributed by atoms with Gasteiger partial charge >= 0.3 is 0 Å². The molecular formula is C15H20O. The van der Waals surface area contributed by atoms with Crippen LogP contribution in [0.2, 0.25) is 0 Å². The van der Waals surface area contributed by atoms with E-state index in [9.17, 15) is 5.11 Å². The van der Waals surface area contributed by atoms with Crippen molar-refractivity contribution >= 4 is 0 Å². The number of aliphatic hydroxyl groups is 1. The predicted molar refractivity (Wildman–Crippen MR) is 65.3 cm³/mol. The van der Waals surface area contributed by atoms with Crippen LogP contribution in [0.1, 0.15) is 43.6 Å². The van der Waals surface area contributed by atoms with Gasteiger partial charge in [-0.25, -0.2) is 0 Å². The lowest BCUT2D eigenvalue weighted by Gasteiger charge is -2.28. The van der Waals surface area contributed by atoms with E-state index in [1.54, 1.807) is 0 Å². The maximum atomic E-state index is 10.0. The van der Waals surface area contributed by atoms with Crippen molar-refractivity contribution in [3.63, 3.8) is 0 Å². The van der Waals surface area contributed by atoms with E-state index >= 15 is 0 Å². The van der Waals surface area contributed by atoms with Gasteiger partial charge < -0.3 is 5.11 Å². The van der Waals surface area contributed by atoms with Crippen LogP contribution in [0.4, 0.5) is 0 Å². The third kappa shape index (κ3) is 1.89. The van der Waals surface area contributed by atoms with E-state index in [0.717, 1.165) is 18.3 Å². The van der Waals surface area contributed by atoms with E-state index in [4.69, 9.17) is 0 Å². The van der Waals surface area contributed by atoms with Gasteiger partial charge in [-0.2, -0.15) is 0 Å². The zero-order valence-corrected chi connectivity index (χ0v) is 9.68. The smallest absolute Gasteiger partial charge is 0.0571 e. The Kier molecular flexibility index (Phi) is 2.72. The highest BCUT2D eigenvalue weighted by atomic mass is 16.3. The van der Waals surface area contributed by atoms with Crippen LogP contribution in [0.5, 0.6) is 0 Å². The van der Waals surface area contributed by atoms with Gasteiger partial charge in [0.25, 0.3) is 0 Å². The van der Waals surface area contributed by atoms with Crippen LogP contribution >= 0.6 is 0 Å². The van der Waals surface area contributed by atoms with Gasteiger partial charge in [-0.15, -0.1) is 0 Å². The molecule has 1 heteroatoms. The normalized spacial score (nSPS) is 38.3. The first-order valence-electron chi connectivity index (χ1n) is 6.59. The minimum atomic E-state index is -0.0209. The van der Waals surface area contributed by atoms with Gasteiger partial charge in [0.1, 0.15) is 0 Å². The summed E-state index contributed by atoms with van der Waals surface area (Å²) in [7, 11) is 0. The number of aliphatic hydroxyl groups excluding tert-OH is 1. The van der Waals surface area contributed by atoms with Gasteiger partial charge in [-0.3, -0.25) is 0 Å². The van der Waals surface area contributed by atoms with Gasteiger partial charge in [-0.1, -0.05) is 43.2 Å². The molecule has 86 valence electrons. The summed E-state index contributed by atoms with van der Waals surface area (Å²) < 4.78 is 0. The minimum Gasteiger partial charge on any atom is -0.393 e. The molecule has 3 rings (SSSR count). The second-order valence-electron chi connectivity index (χ2n) is 5.43. The third-order valence-electron chi connectivity index (χ3n) is 4.40. The Bertz CT molecular complexity index is 346. The molecule has 1 N–H and O–H groups in total. The fraction of sp³-hybridized carbons (Fsp3) is 0.600. The molecule has 0 spiro atoms. The maximum Gasteiger partial charge on any atom is 0.0571 e. The average Bonchev–Trinajstić information content (AvgIpc) is 3.11. The Morgan fingerprint density at radius 1 is 0.938 bits per heavy atom. The summed E-state index contributed by atoms with van der Waals surface area (Å²) in [5, 5.41) is 10.0. The van der Waals surface area contributed by atoms with Crippen LogP contribution in [0.25, 0.3) is 0 Å². The average molecular weight is 216 g/mol. The largest absolute Gasteiger partial charge is 0.393 e. The summed E-state index contributed by atoms with van der Waals surface area (Å²) in [6, 6.07) is 10.8. The van der Waals surface area contributed by atoms with E-state index < -0.39 is 0 Å². The standard InChI is InChI=1S/C15H20O/c16-15-9-5-4-8-12(15)14-10-13(14)11-6-2-1-3-7-11/h1-3,6-7,12-16H,4-5,8-10H2. The monoisotopic (exact) mass is 216 g/mol. The molecule has 0 aliphatic heterocycles. The van der Waals surface area contributed by atoms with Crippen molar-refractivity contribution in [2.45, 2.75) is 44.1 Å². The Hall–Kier alpha value is -0.820. The maximum absolute atomic E-state index is 10.0. The summed E-state index contributed by atoms with van der Waals surface area (Å²) >= 11 is 0. The molecule has 0 amide bonds. The molecule has 4 atom stereocenters. The third-order valence-corrected chi connectivity index (χ3v) is 4.40. The Morgan fingerprint density at radius 3 is 2.44 bits per heavy atom. The number of rotatable bonds is 2. The molecule has 0 saturated heterocycles. The zero-order chi connectivity index (χ0) is 11.0. The molecule has 2 fully saturated rings. The highest BCUT2D eigenvalue weighted by Gasteiger charge is 2.46. The molecule has 1 aromatic rings. The quantitative estimate of drug-likeness (QED) is 0.804. The second kappa shape index (κ2) is 4.21. The van der Waals surface area contributed by atoms with E-state index in [1.807, 2.05) is 0 Å². The summed E-state index contributed by atoms with van der Waals surface area (Å²) in [5.74, 6) is 2.08. The van der Waals surface area contributed by atoms with E-state index in [-0.39, 0.29) is 6.10 Å². The first kappa shape index (κ1) is 10.3. The lowest BCUT2D eigenvalue weighted by molar-refractivity contribution is 0.0572. The van der Waals surface area contributed by atoms with Crippen molar-refractivity contribution in [2.24, 2.45) is 11.8 Å². The van der Waals surface area contributed by atoms with Crippen molar-refractivity contribution < 1.29 is 5.11 Å². The summed E-state index contributed by atoms with van der Waals surface area (Å²) in [5.41, 5.74) is 1.48. The van der Waals surface area contributed by atoms with Crippen LogP contribution in [-0.2, 0) is 0 Å². The van der Waals surface area contributed by atoms with E-state index in [2.05, 4.69) is 30.3 Å². The Morgan fingerprint density at radius 2 is 1.69 bits per heavy atom. The summed E-state index contributed by atoms with van der Waals surface area (Å²) in [4.78, 5) is 0. The van der Waals surface area contributed by atoms with Gasteiger partial charge in [0, 0.05) is 0 Å². The molecule has 16 heavy (non-hydrogen) atoms. The van der Waals surface area contributed by atoms with Crippen molar-refractivity contribution in [3.05, 3.63) is 35.9 Å². The molecule has 0 aromatic heterocycles. The minimum absolute atomic E-state index is 0.0209. The number of hydrogen-bond donors (Lipinski definition) is 1. The van der Waals surface area contributed by atoms with Gasteiger partial charge in [0.05, 0.1) is 6.10 Å². The van der Waals surface area contributed by atoms with Crippen molar-refractivity contribution in [1.29, 1.82) is 0 Å². The first-order valence-corrected chi connectivity index (χ1v) is 6.59. The zero-order valence-electron chi connectivity index (χ0n) is 9.68. The van der Waals surface area contributed by atoms with Gasteiger partial charge in [-0.05, 0) is 42.6 Å². The fourth-order valence-electron chi connectivity index (χ4n) is 3.41. The highest BCUT2D eigenvalue weighted by Crippen LogP contribution is 2.55. The number of benzene rings is 1. The number of hydrogen-bond acceptors (Lipinski definition) is 1. The summed E-state index contributed by atoms with van der Waals surface area (Å²) in [6.07, 6.45) is 6.09. The van der Waals surface area contributed by atoms with Crippen molar-refractivity contribution in [1.82, 2.24) is 0 Å². The highest BCUT2D eigenvalue weighted by molar-refractivity contribution is 5.26. The van der Waals surface area contributed by atoms with Crippen LogP contribution in [0, 0.1) is 11.8 Å².